The van der Waals surface area contributed by atoms with E-state index in [9.17, 15) is 14.3 Å². The van der Waals surface area contributed by atoms with Crippen LogP contribution < -0.4 is 5.32 Å². The summed E-state index contributed by atoms with van der Waals surface area (Å²) in [6.07, 6.45) is -0.894. The third-order valence-electron chi connectivity index (χ3n) is 3.56. The molecule has 1 atom stereocenters. The highest BCUT2D eigenvalue weighted by Crippen LogP contribution is 2.25. The quantitative estimate of drug-likeness (QED) is 0.799. The normalized spacial score (nSPS) is 12.5. The van der Waals surface area contributed by atoms with Gasteiger partial charge in [0.1, 0.15) is 11.4 Å². The lowest BCUT2D eigenvalue weighted by Crippen LogP contribution is -2.37. The van der Waals surface area contributed by atoms with E-state index in [1.165, 1.54) is 6.07 Å². The van der Waals surface area contributed by atoms with E-state index in [1.807, 2.05) is 24.3 Å². The van der Waals surface area contributed by atoms with E-state index in [0.717, 1.165) is 16.7 Å². The maximum atomic E-state index is 13.2. The minimum atomic E-state index is -0.728. The molecule has 0 saturated heterocycles. The summed E-state index contributed by atoms with van der Waals surface area (Å²) in [4.78, 5) is 11.6. The van der Waals surface area contributed by atoms with Crippen LogP contribution in [0.3, 0.4) is 0 Å². The number of rotatable bonds is 5. The first-order valence-corrected chi connectivity index (χ1v) is 8.71. The second-order valence-corrected chi connectivity index (χ2v) is 7.47. The van der Waals surface area contributed by atoms with Crippen molar-refractivity contribution in [1.29, 1.82) is 0 Å². The van der Waals surface area contributed by atoms with Crippen molar-refractivity contribution in [3.8, 4) is 11.1 Å². The fourth-order valence-corrected chi connectivity index (χ4v) is 2.55. The van der Waals surface area contributed by atoms with Crippen molar-refractivity contribution in [3.63, 3.8) is 0 Å². The van der Waals surface area contributed by atoms with Crippen molar-refractivity contribution >= 4 is 17.7 Å². The molecule has 2 aromatic carbocycles. The SMILES string of the molecule is CC(C)(C)OC(=O)NC[C@@H](O)Cc1ccc(-c2ccc(F)c(Cl)c2)cc1. The number of nitrogens with one attached hydrogen (secondary N) is 1. The van der Waals surface area contributed by atoms with Gasteiger partial charge in [-0.2, -0.15) is 0 Å². The highest BCUT2D eigenvalue weighted by molar-refractivity contribution is 6.31. The van der Waals surface area contributed by atoms with Crippen molar-refractivity contribution < 1.29 is 19.0 Å². The van der Waals surface area contributed by atoms with Crippen LogP contribution in [0.25, 0.3) is 11.1 Å². The molecule has 0 unspecified atom stereocenters. The van der Waals surface area contributed by atoms with Gasteiger partial charge in [-0.25, -0.2) is 9.18 Å². The molecule has 0 aliphatic rings. The highest BCUT2D eigenvalue weighted by Gasteiger charge is 2.17. The first-order valence-electron chi connectivity index (χ1n) is 8.33. The Kier molecular flexibility index (Phi) is 6.62. The molecule has 0 heterocycles. The zero-order valence-corrected chi connectivity index (χ0v) is 15.8. The summed E-state index contributed by atoms with van der Waals surface area (Å²) in [6.45, 7) is 5.43. The van der Waals surface area contributed by atoms with Gasteiger partial charge >= 0.3 is 6.09 Å². The van der Waals surface area contributed by atoms with Crippen LogP contribution in [-0.2, 0) is 11.2 Å². The number of carbonyl (C=O) groups excluding carboxylic acids is 1. The summed E-state index contributed by atoms with van der Waals surface area (Å²) in [5, 5.41) is 12.7. The molecule has 26 heavy (non-hydrogen) atoms. The van der Waals surface area contributed by atoms with Crippen molar-refractivity contribution in [2.45, 2.75) is 38.9 Å². The fourth-order valence-electron chi connectivity index (χ4n) is 2.37. The average molecular weight is 380 g/mol. The number of carbonyl (C=O) groups is 1. The van der Waals surface area contributed by atoms with Crippen LogP contribution in [0.4, 0.5) is 9.18 Å². The summed E-state index contributed by atoms with van der Waals surface area (Å²) >= 11 is 5.81. The number of ether oxygens (including phenoxy) is 1. The number of benzene rings is 2. The van der Waals surface area contributed by atoms with Crippen LogP contribution in [-0.4, -0.2) is 29.4 Å². The van der Waals surface area contributed by atoms with Crippen LogP contribution in [0.15, 0.2) is 42.5 Å². The monoisotopic (exact) mass is 379 g/mol. The lowest BCUT2D eigenvalue weighted by Gasteiger charge is -2.20. The minimum absolute atomic E-state index is 0.0789. The minimum Gasteiger partial charge on any atom is -0.444 e. The summed E-state index contributed by atoms with van der Waals surface area (Å²) in [5.41, 5.74) is 2.06. The van der Waals surface area contributed by atoms with Gasteiger partial charge in [0.2, 0.25) is 0 Å². The smallest absolute Gasteiger partial charge is 0.407 e. The maximum absolute atomic E-state index is 13.2. The third-order valence-corrected chi connectivity index (χ3v) is 3.85. The van der Waals surface area contributed by atoms with Gasteiger partial charge in [0.05, 0.1) is 11.1 Å². The van der Waals surface area contributed by atoms with Gasteiger partial charge in [0, 0.05) is 13.0 Å². The van der Waals surface area contributed by atoms with E-state index < -0.39 is 23.6 Å². The van der Waals surface area contributed by atoms with E-state index in [0.29, 0.717) is 6.42 Å². The fraction of sp³-hybridized carbons (Fsp3) is 0.350. The molecule has 2 N–H and O–H groups in total. The van der Waals surface area contributed by atoms with Crippen molar-refractivity contribution in [2.75, 3.05) is 6.54 Å². The number of halogens is 2. The molecule has 0 aliphatic heterocycles. The van der Waals surface area contributed by atoms with Crippen LogP contribution in [0.2, 0.25) is 5.02 Å². The third kappa shape index (κ3) is 6.32. The van der Waals surface area contributed by atoms with Crippen LogP contribution >= 0.6 is 11.6 Å². The number of hydrogen-bond donors (Lipinski definition) is 2. The predicted octanol–water partition coefficient (Wildman–Crippen LogP) is 4.57. The number of hydrogen-bond acceptors (Lipinski definition) is 3. The Labute approximate surface area is 157 Å². The Bertz CT molecular complexity index is 757. The van der Waals surface area contributed by atoms with Gasteiger partial charge in [0.15, 0.2) is 0 Å². The highest BCUT2D eigenvalue weighted by atomic mass is 35.5. The Morgan fingerprint density at radius 3 is 2.38 bits per heavy atom. The zero-order chi connectivity index (χ0) is 19.3. The molecular weight excluding hydrogens is 357 g/mol. The van der Waals surface area contributed by atoms with Crippen molar-refractivity contribution in [3.05, 3.63) is 58.9 Å². The second-order valence-electron chi connectivity index (χ2n) is 7.07. The Hall–Kier alpha value is -2.11. The summed E-state index contributed by atoms with van der Waals surface area (Å²) in [5.74, 6) is -0.451. The van der Waals surface area contributed by atoms with Gasteiger partial charge in [-0.05, 0) is 49.6 Å². The molecule has 6 heteroatoms. The first kappa shape index (κ1) is 20.2. The Morgan fingerprint density at radius 1 is 1.19 bits per heavy atom. The number of alkyl carbamates (subject to hydrolysis) is 1. The molecule has 140 valence electrons. The van der Waals surface area contributed by atoms with E-state index in [2.05, 4.69) is 5.32 Å². The predicted molar refractivity (Wildman–Crippen MR) is 101 cm³/mol. The zero-order valence-electron chi connectivity index (χ0n) is 15.1. The molecule has 2 aromatic rings. The molecule has 2 rings (SSSR count). The lowest BCUT2D eigenvalue weighted by atomic mass is 10.0. The van der Waals surface area contributed by atoms with Gasteiger partial charge < -0.3 is 15.2 Å². The molecule has 0 fully saturated rings. The van der Waals surface area contributed by atoms with E-state index in [-0.39, 0.29) is 11.6 Å². The topological polar surface area (TPSA) is 58.6 Å². The lowest BCUT2D eigenvalue weighted by molar-refractivity contribution is 0.0492. The van der Waals surface area contributed by atoms with Gasteiger partial charge in [-0.15, -0.1) is 0 Å². The van der Waals surface area contributed by atoms with Gasteiger partial charge in [-0.3, -0.25) is 0 Å². The Balaban J connectivity index is 1.90. The number of aliphatic hydroxyl groups excluding tert-OH is 1. The second kappa shape index (κ2) is 8.52. The van der Waals surface area contributed by atoms with E-state index in [4.69, 9.17) is 16.3 Å². The largest absolute Gasteiger partial charge is 0.444 e. The molecule has 0 aliphatic carbocycles. The molecule has 1 amide bonds. The molecule has 0 saturated carbocycles. The molecule has 4 nitrogen and oxygen atoms in total. The molecule has 0 aromatic heterocycles. The van der Waals surface area contributed by atoms with E-state index >= 15 is 0 Å². The van der Waals surface area contributed by atoms with Crippen LogP contribution in [0, 0.1) is 5.82 Å². The summed E-state index contributed by atoms with van der Waals surface area (Å²) in [7, 11) is 0. The molecule has 0 radical (unpaired) electrons. The van der Waals surface area contributed by atoms with Gasteiger partial charge in [0.25, 0.3) is 0 Å². The summed E-state index contributed by atoms with van der Waals surface area (Å²) < 4.78 is 18.4. The van der Waals surface area contributed by atoms with Crippen LogP contribution in [0.1, 0.15) is 26.3 Å². The van der Waals surface area contributed by atoms with Crippen molar-refractivity contribution in [2.24, 2.45) is 0 Å². The molecule has 0 spiro atoms. The standard InChI is InChI=1S/C20H23ClFNO3/c1-20(2,3)26-19(25)23-12-16(24)10-13-4-6-14(7-5-13)15-8-9-18(22)17(21)11-15/h4-9,11,16,24H,10,12H2,1-3H3,(H,23,25)/t16-/m0/s1. The molecular formula is C20H23ClFNO3. The maximum Gasteiger partial charge on any atom is 0.407 e. The Morgan fingerprint density at radius 2 is 1.81 bits per heavy atom. The average Bonchev–Trinajstić information content (AvgIpc) is 2.55. The van der Waals surface area contributed by atoms with Crippen molar-refractivity contribution in [1.82, 2.24) is 5.32 Å². The summed E-state index contributed by atoms with van der Waals surface area (Å²) in [6, 6.07) is 12.1. The number of amides is 1. The van der Waals surface area contributed by atoms with E-state index in [1.54, 1.807) is 32.9 Å². The van der Waals surface area contributed by atoms with Crippen LogP contribution in [0.5, 0.6) is 0 Å². The first-order chi connectivity index (χ1) is 12.1. The van der Waals surface area contributed by atoms with Gasteiger partial charge in [-0.1, -0.05) is 41.9 Å². The molecule has 0 bridgehead atoms. The number of aliphatic hydroxyl groups is 1.